The molecule has 1 aromatic heterocycles. The lowest BCUT2D eigenvalue weighted by Crippen LogP contribution is -1.86. The van der Waals surface area contributed by atoms with Crippen molar-refractivity contribution in [1.82, 2.24) is 4.57 Å². The van der Waals surface area contributed by atoms with Crippen LogP contribution in [0.5, 0.6) is 5.75 Å². The molecule has 2 aromatic carbocycles. The largest absolute Gasteiger partial charge is 0.497 e. The molecule has 0 N–H and O–H groups in total. The van der Waals surface area contributed by atoms with E-state index in [1.807, 2.05) is 24.4 Å². The Morgan fingerprint density at radius 3 is 2.59 bits per heavy atom. The topological polar surface area (TPSA) is 14.2 Å². The van der Waals surface area contributed by atoms with Crippen LogP contribution in [0.3, 0.4) is 0 Å². The number of ether oxygens (including phenoxy) is 1. The van der Waals surface area contributed by atoms with Gasteiger partial charge in [0.1, 0.15) is 5.75 Å². The van der Waals surface area contributed by atoms with Gasteiger partial charge in [0.05, 0.1) is 18.1 Å². The summed E-state index contributed by atoms with van der Waals surface area (Å²) in [6, 6.07) is 14.4. The molecule has 0 amide bonds. The molecule has 0 unspecified atom stereocenters. The second-order valence-corrected chi connectivity index (χ2v) is 3.95. The molecule has 1 heterocycles. The Hall–Kier alpha value is -2.22. The average molecular weight is 223 g/mol. The van der Waals surface area contributed by atoms with Gasteiger partial charge in [-0.1, -0.05) is 24.8 Å². The molecule has 84 valence electrons. The summed E-state index contributed by atoms with van der Waals surface area (Å²) in [5.74, 6) is 0.864. The summed E-state index contributed by atoms with van der Waals surface area (Å²) < 4.78 is 7.36. The van der Waals surface area contributed by atoms with Crippen LogP contribution in [0.15, 0.2) is 49.0 Å². The molecule has 0 aliphatic carbocycles. The van der Waals surface area contributed by atoms with Crippen molar-refractivity contribution in [1.29, 1.82) is 0 Å². The van der Waals surface area contributed by atoms with E-state index in [4.69, 9.17) is 4.74 Å². The van der Waals surface area contributed by atoms with Gasteiger partial charge in [-0.15, -0.1) is 0 Å². The normalized spacial score (nSPS) is 10.9. The molecule has 0 radical (unpaired) electrons. The number of fused-ring (bicyclic) bond motifs is 3. The molecule has 2 nitrogen and oxygen atoms in total. The van der Waals surface area contributed by atoms with Crippen molar-refractivity contribution in [3.63, 3.8) is 0 Å². The fourth-order valence-electron chi connectivity index (χ4n) is 2.30. The Morgan fingerprint density at radius 1 is 1.06 bits per heavy atom. The fourth-order valence-corrected chi connectivity index (χ4v) is 2.30. The highest BCUT2D eigenvalue weighted by Crippen LogP contribution is 2.31. The first-order chi connectivity index (χ1) is 8.35. The standard InChI is InChI=1S/C15H13NO/c1-3-16-14-7-5-4-6-12(14)13-9-8-11(17-2)10-15(13)16/h3-10H,1H2,2H3. The van der Waals surface area contributed by atoms with Crippen molar-refractivity contribution in [3.8, 4) is 5.75 Å². The number of rotatable bonds is 2. The Labute approximate surface area is 99.7 Å². The van der Waals surface area contributed by atoms with Gasteiger partial charge >= 0.3 is 0 Å². The maximum absolute atomic E-state index is 5.27. The minimum absolute atomic E-state index is 0.864. The molecule has 0 fully saturated rings. The summed E-state index contributed by atoms with van der Waals surface area (Å²) in [6.07, 6.45) is 1.84. The van der Waals surface area contributed by atoms with Crippen LogP contribution in [0, 0.1) is 0 Å². The molecule has 0 aliphatic rings. The first kappa shape index (κ1) is 9.97. The zero-order valence-corrected chi connectivity index (χ0v) is 9.68. The summed E-state index contributed by atoms with van der Waals surface area (Å²) in [6.45, 7) is 3.88. The van der Waals surface area contributed by atoms with Gasteiger partial charge < -0.3 is 9.30 Å². The van der Waals surface area contributed by atoms with E-state index in [1.54, 1.807) is 7.11 Å². The quantitative estimate of drug-likeness (QED) is 0.642. The molecule has 17 heavy (non-hydrogen) atoms. The van der Waals surface area contributed by atoms with Crippen LogP contribution in [-0.2, 0) is 0 Å². The number of nitrogens with zero attached hydrogens (tertiary/aromatic N) is 1. The van der Waals surface area contributed by atoms with E-state index < -0.39 is 0 Å². The molecule has 0 spiro atoms. The van der Waals surface area contributed by atoms with Crippen molar-refractivity contribution in [2.75, 3.05) is 7.11 Å². The summed E-state index contributed by atoms with van der Waals surface area (Å²) in [5.41, 5.74) is 2.30. The minimum atomic E-state index is 0.864. The zero-order valence-electron chi connectivity index (χ0n) is 9.68. The van der Waals surface area contributed by atoms with Crippen molar-refractivity contribution >= 4 is 28.0 Å². The van der Waals surface area contributed by atoms with Crippen LogP contribution in [0.4, 0.5) is 0 Å². The van der Waals surface area contributed by atoms with E-state index in [0.29, 0.717) is 0 Å². The maximum Gasteiger partial charge on any atom is 0.120 e. The molecule has 0 bridgehead atoms. The van der Waals surface area contributed by atoms with E-state index in [1.165, 1.54) is 16.3 Å². The van der Waals surface area contributed by atoms with Crippen LogP contribution in [0.1, 0.15) is 0 Å². The van der Waals surface area contributed by atoms with E-state index in [9.17, 15) is 0 Å². The second-order valence-electron chi connectivity index (χ2n) is 3.95. The number of benzene rings is 2. The molecular weight excluding hydrogens is 210 g/mol. The van der Waals surface area contributed by atoms with Gasteiger partial charge in [-0.05, 0) is 18.2 Å². The lowest BCUT2D eigenvalue weighted by atomic mass is 10.1. The van der Waals surface area contributed by atoms with Crippen LogP contribution < -0.4 is 4.74 Å². The predicted molar refractivity (Wildman–Crippen MR) is 72.4 cm³/mol. The number of para-hydroxylation sites is 1. The highest BCUT2D eigenvalue weighted by atomic mass is 16.5. The third kappa shape index (κ3) is 1.34. The first-order valence-corrected chi connectivity index (χ1v) is 5.54. The van der Waals surface area contributed by atoms with Gasteiger partial charge in [0.15, 0.2) is 0 Å². The van der Waals surface area contributed by atoms with E-state index in [-0.39, 0.29) is 0 Å². The molecule has 0 saturated carbocycles. The van der Waals surface area contributed by atoms with Crippen LogP contribution in [-0.4, -0.2) is 11.7 Å². The van der Waals surface area contributed by atoms with Gasteiger partial charge in [0, 0.05) is 23.0 Å². The highest BCUT2D eigenvalue weighted by Gasteiger charge is 2.08. The Balaban J connectivity index is 2.53. The Kier molecular flexibility index (Phi) is 2.15. The maximum atomic E-state index is 5.27. The van der Waals surface area contributed by atoms with Crippen molar-refractivity contribution < 1.29 is 4.74 Å². The second kappa shape index (κ2) is 3.67. The lowest BCUT2D eigenvalue weighted by molar-refractivity contribution is 0.415. The van der Waals surface area contributed by atoms with E-state index >= 15 is 0 Å². The molecule has 0 aliphatic heterocycles. The van der Waals surface area contributed by atoms with Crippen LogP contribution >= 0.6 is 0 Å². The SMILES string of the molecule is C=Cn1c2ccccc2c2ccc(OC)cc21. The number of aromatic nitrogens is 1. The molecule has 0 saturated heterocycles. The summed E-state index contributed by atoms with van der Waals surface area (Å²) in [5, 5.41) is 2.46. The first-order valence-electron chi connectivity index (χ1n) is 5.54. The summed E-state index contributed by atoms with van der Waals surface area (Å²) in [4.78, 5) is 0. The highest BCUT2D eigenvalue weighted by molar-refractivity contribution is 6.09. The monoisotopic (exact) mass is 223 g/mol. The summed E-state index contributed by atoms with van der Waals surface area (Å²) in [7, 11) is 1.68. The Bertz CT molecular complexity index is 709. The van der Waals surface area contributed by atoms with E-state index in [0.717, 1.165) is 11.3 Å². The molecule has 3 rings (SSSR count). The van der Waals surface area contributed by atoms with Gasteiger partial charge in [-0.2, -0.15) is 0 Å². The molecule has 2 heteroatoms. The Morgan fingerprint density at radius 2 is 1.82 bits per heavy atom. The smallest absolute Gasteiger partial charge is 0.120 e. The number of methoxy groups -OCH3 is 1. The number of hydrogen-bond acceptors (Lipinski definition) is 1. The van der Waals surface area contributed by atoms with Gasteiger partial charge in [0.2, 0.25) is 0 Å². The minimum Gasteiger partial charge on any atom is -0.497 e. The molecular formula is C15H13NO. The third-order valence-corrected chi connectivity index (χ3v) is 3.10. The van der Waals surface area contributed by atoms with Crippen LogP contribution in [0.2, 0.25) is 0 Å². The fraction of sp³-hybridized carbons (Fsp3) is 0.0667. The third-order valence-electron chi connectivity index (χ3n) is 3.10. The van der Waals surface area contributed by atoms with Crippen LogP contribution in [0.25, 0.3) is 28.0 Å². The molecule has 0 atom stereocenters. The lowest BCUT2D eigenvalue weighted by Gasteiger charge is -2.01. The average Bonchev–Trinajstić information content (AvgIpc) is 2.71. The van der Waals surface area contributed by atoms with Gasteiger partial charge in [0.25, 0.3) is 0 Å². The van der Waals surface area contributed by atoms with Crippen molar-refractivity contribution in [2.45, 2.75) is 0 Å². The van der Waals surface area contributed by atoms with Gasteiger partial charge in [-0.25, -0.2) is 0 Å². The van der Waals surface area contributed by atoms with E-state index in [2.05, 4.69) is 35.4 Å². The zero-order chi connectivity index (χ0) is 11.8. The van der Waals surface area contributed by atoms with Crippen molar-refractivity contribution in [3.05, 3.63) is 49.0 Å². The van der Waals surface area contributed by atoms with Crippen molar-refractivity contribution in [2.24, 2.45) is 0 Å². The van der Waals surface area contributed by atoms with Gasteiger partial charge in [-0.3, -0.25) is 0 Å². The number of hydrogen-bond donors (Lipinski definition) is 0. The predicted octanol–water partition coefficient (Wildman–Crippen LogP) is 3.90. The molecule has 3 aromatic rings. The summed E-state index contributed by atoms with van der Waals surface area (Å²) >= 11 is 0.